The molecule has 0 atom stereocenters. The number of nitro groups is 1. The van der Waals surface area contributed by atoms with E-state index in [9.17, 15) is 10.1 Å². The van der Waals surface area contributed by atoms with Gasteiger partial charge in [0.05, 0.1) is 10.4 Å². The summed E-state index contributed by atoms with van der Waals surface area (Å²) in [5.41, 5.74) is 3.67. The minimum Gasteiger partial charge on any atom is -0.340 e. The third-order valence-electron chi connectivity index (χ3n) is 4.25. The Balaban J connectivity index is 1.80. The molecule has 4 aromatic rings. The van der Waals surface area contributed by atoms with Crippen LogP contribution < -0.4 is 5.32 Å². The quantitative estimate of drug-likeness (QED) is 0.398. The standard InChI is InChI=1S/C21H16N4O2/c1-14-6-10-16(11-7-14)22-21-18-4-2-3-5-19(18)23-20(24-21)15-8-12-17(13-9-15)25(26)27/h2-13H,1H3,(H,22,23,24). The topological polar surface area (TPSA) is 81.0 Å². The lowest BCUT2D eigenvalue weighted by Crippen LogP contribution is -1.99. The molecule has 6 heteroatoms. The van der Waals surface area contributed by atoms with Gasteiger partial charge in [0.25, 0.3) is 5.69 Å². The fourth-order valence-corrected chi connectivity index (χ4v) is 2.81. The molecule has 1 heterocycles. The van der Waals surface area contributed by atoms with E-state index in [2.05, 4.69) is 15.3 Å². The molecule has 3 aromatic carbocycles. The fraction of sp³-hybridized carbons (Fsp3) is 0.0476. The van der Waals surface area contributed by atoms with Crippen LogP contribution in [0.3, 0.4) is 0 Å². The molecule has 0 saturated heterocycles. The Morgan fingerprint density at radius 3 is 2.30 bits per heavy atom. The van der Waals surface area contributed by atoms with Crippen molar-refractivity contribution >= 4 is 28.1 Å². The predicted octanol–water partition coefficient (Wildman–Crippen LogP) is 5.26. The average Bonchev–Trinajstić information content (AvgIpc) is 2.69. The Labute approximate surface area is 155 Å². The number of para-hydroxylation sites is 1. The lowest BCUT2D eigenvalue weighted by atomic mass is 10.1. The van der Waals surface area contributed by atoms with E-state index in [0.29, 0.717) is 11.6 Å². The summed E-state index contributed by atoms with van der Waals surface area (Å²) in [5.74, 6) is 1.20. The predicted molar refractivity (Wildman–Crippen MR) is 106 cm³/mol. The molecule has 6 nitrogen and oxygen atoms in total. The second-order valence-electron chi connectivity index (χ2n) is 6.21. The van der Waals surface area contributed by atoms with Gasteiger partial charge < -0.3 is 5.32 Å². The van der Waals surface area contributed by atoms with Gasteiger partial charge in [-0.2, -0.15) is 0 Å². The van der Waals surface area contributed by atoms with E-state index < -0.39 is 4.92 Å². The second kappa shape index (κ2) is 6.84. The number of nitro benzene ring substituents is 1. The molecule has 4 rings (SSSR count). The highest BCUT2D eigenvalue weighted by molar-refractivity contribution is 5.92. The third-order valence-corrected chi connectivity index (χ3v) is 4.25. The van der Waals surface area contributed by atoms with Crippen molar-refractivity contribution in [3.63, 3.8) is 0 Å². The van der Waals surface area contributed by atoms with E-state index in [0.717, 1.165) is 22.2 Å². The number of benzene rings is 3. The molecular weight excluding hydrogens is 340 g/mol. The molecule has 1 N–H and O–H groups in total. The van der Waals surface area contributed by atoms with E-state index in [1.165, 1.54) is 17.7 Å². The first-order valence-corrected chi connectivity index (χ1v) is 8.45. The van der Waals surface area contributed by atoms with Crippen LogP contribution in [-0.4, -0.2) is 14.9 Å². The zero-order valence-corrected chi connectivity index (χ0v) is 14.6. The van der Waals surface area contributed by atoms with Crippen molar-refractivity contribution in [1.29, 1.82) is 0 Å². The Bertz CT molecular complexity index is 1120. The van der Waals surface area contributed by atoms with E-state index in [4.69, 9.17) is 0 Å². The number of fused-ring (bicyclic) bond motifs is 1. The molecule has 0 amide bonds. The van der Waals surface area contributed by atoms with Crippen LogP contribution in [0.25, 0.3) is 22.3 Å². The number of rotatable bonds is 4. The van der Waals surface area contributed by atoms with Crippen molar-refractivity contribution in [3.05, 3.63) is 88.5 Å². The van der Waals surface area contributed by atoms with Gasteiger partial charge in [-0.1, -0.05) is 29.8 Å². The van der Waals surface area contributed by atoms with Gasteiger partial charge in [0, 0.05) is 28.8 Å². The van der Waals surface area contributed by atoms with Crippen LogP contribution >= 0.6 is 0 Å². The van der Waals surface area contributed by atoms with Gasteiger partial charge in [0.1, 0.15) is 5.82 Å². The molecule has 0 aliphatic heterocycles. The molecule has 0 fully saturated rings. The van der Waals surface area contributed by atoms with E-state index in [1.807, 2.05) is 55.5 Å². The van der Waals surface area contributed by atoms with Crippen molar-refractivity contribution < 1.29 is 4.92 Å². The highest BCUT2D eigenvalue weighted by atomic mass is 16.6. The average molecular weight is 356 g/mol. The molecule has 27 heavy (non-hydrogen) atoms. The molecule has 0 aliphatic carbocycles. The summed E-state index contributed by atoms with van der Waals surface area (Å²) in [7, 11) is 0. The van der Waals surface area contributed by atoms with Crippen molar-refractivity contribution in [2.45, 2.75) is 6.92 Å². The highest BCUT2D eigenvalue weighted by Crippen LogP contribution is 2.28. The van der Waals surface area contributed by atoms with Crippen LogP contribution in [0.5, 0.6) is 0 Å². The number of aromatic nitrogens is 2. The van der Waals surface area contributed by atoms with Crippen LogP contribution in [0.15, 0.2) is 72.8 Å². The van der Waals surface area contributed by atoms with Gasteiger partial charge in [-0.15, -0.1) is 0 Å². The fourth-order valence-electron chi connectivity index (χ4n) is 2.81. The summed E-state index contributed by atoms with van der Waals surface area (Å²) in [5, 5.41) is 15.1. The summed E-state index contributed by atoms with van der Waals surface area (Å²) >= 11 is 0. The van der Waals surface area contributed by atoms with Crippen molar-refractivity contribution in [3.8, 4) is 11.4 Å². The van der Waals surface area contributed by atoms with Gasteiger partial charge in [-0.25, -0.2) is 9.97 Å². The molecule has 0 bridgehead atoms. The first-order chi connectivity index (χ1) is 13.1. The molecule has 0 aliphatic rings. The molecule has 0 spiro atoms. The first kappa shape index (κ1) is 16.7. The first-order valence-electron chi connectivity index (χ1n) is 8.45. The number of anilines is 2. The lowest BCUT2D eigenvalue weighted by Gasteiger charge is -2.11. The molecule has 0 unspecified atom stereocenters. The van der Waals surface area contributed by atoms with Crippen LogP contribution in [-0.2, 0) is 0 Å². The summed E-state index contributed by atoms with van der Waals surface area (Å²) in [6.45, 7) is 2.04. The van der Waals surface area contributed by atoms with E-state index in [-0.39, 0.29) is 5.69 Å². The maximum atomic E-state index is 10.9. The molecule has 1 aromatic heterocycles. The van der Waals surface area contributed by atoms with Gasteiger partial charge in [0.2, 0.25) is 0 Å². The zero-order chi connectivity index (χ0) is 18.8. The van der Waals surface area contributed by atoms with Gasteiger partial charge in [-0.3, -0.25) is 10.1 Å². The molecule has 132 valence electrons. The minimum absolute atomic E-state index is 0.0394. The van der Waals surface area contributed by atoms with Crippen LogP contribution in [0.2, 0.25) is 0 Å². The number of aryl methyl sites for hydroxylation is 1. The highest BCUT2D eigenvalue weighted by Gasteiger charge is 2.11. The maximum absolute atomic E-state index is 10.9. The smallest absolute Gasteiger partial charge is 0.269 e. The van der Waals surface area contributed by atoms with E-state index >= 15 is 0 Å². The number of hydrogen-bond donors (Lipinski definition) is 1. The zero-order valence-electron chi connectivity index (χ0n) is 14.6. The van der Waals surface area contributed by atoms with Crippen molar-refractivity contribution in [2.24, 2.45) is 0 Å². The van der Waals surface area contributed by atoms with Crippen LogP contribution in [0.4, 0.5) is 17.2 Å². The van der Waals surface area contributed by atoms with Gasteiger partial charge in [0.15, 0.2) is 5.82 Å². The number of hydrogen-bond acceptors (Lipinski definition) is 5. The van der Waals surface area contributed by atoms with Gasteiger partial charge >= 0.3 is 0 Å². The lowest BCUT2D eigenvalue weighted by molar-refractivity contribution is -0.384. The minimum atomic E-state index is -0.421. The Hall–Kier alpha value is -3.80. The molecular formula is C21H16N4O2. The summed E-state index contributed by atoms with van der Waals surface area (Å²) in [6, 6.07) is 22.1. The van der Waals surface area contributed by atoms with Gasteiger partial charge in [-0.05, 0) is 43.3 Å². The molecule has 0 radical (unpaired) electrons. The summed E-state index contributed by atoms with van der Waals surface area (Å²) < 4.78 is 0. The maximum Gasteiger partial charge on any atom is 0.269 e. The largest absolute Gasteiger partial charge is 0.340 e. The Morgan fingerprint density at radius 2 is 1.59 bits per heavy atom. The second-order valence-corrected chi connectivity index (χ2v) is 6.21. The Kier molecular flexibility index (Phi) is 4.22. The Morgan fingerprint density at radius 1 is 0.889 bits per heavy atom. The summed E-state index contributed by atoms with van der Waals surface area (Å²) in [6.07, 6.45) is 0. The molecule has 0 saturated carbocycles. The van der Waals surface area contributed by atoms with Crippen LogP contribution in [0.1, 0.15) is 5.56 Å². The van der Waals surface area contributed by atoms with Crippen molar-refractivity contribution in [2.75, 3.05) is 5.32 Å². The third kappa shape index (κ3) is 3.46. The van der Waals surface area contributed by atoms with Crippen molar-refractivity contribution in [1.82, 2.24) is 9.97 Å². The summed E-state index contributed by atoms with van der Waals surface area (Å²) in [4.78, 5) is 19.7. The monoisotopic (exact) mass is 356 g/mol. The number of non-ortho nitro benzene ring substituents is 1. The normalized spacial score (nSPS) is 10.7. The number of nitrogens with one attached hydrogen (secondary N) is 1. The van der Waals surface area contributed by atoms with Crippen LogP contribution in [0, 0.1) is 17.0 Å². The SMILES string of the molecule is Cc1ccc(Nc2nc(-c3ccc([N+](=O)[O-])cc3)nc3ccccc23)cc1. The number of nitrogens with zero attached hydrogens (tertiary/aromatic N) is 3. The van der Waals surface area contributed by atoms with E-state index in [1.54, 1.807) is 12.1 Å².